The van der Waals surface area contributed by atoms with E-state index in [1.807, 2.05) is 18.3 Å². The van der Waals surface area contributed by atoms with Crippen LogP contribution in [0.2, 0.25) is 0 Å². The van der Waals surface area contributed by atoms with Gasteiger partial charge in [-0.3, -0.25) is 29.3 Å². The van der Waals surface area contributed by atoms with Crippen molar-refractivity contribution in [2.24, 2.45) is 0 Å². The Morgan fingerprint density at radius 2 is 1.53 bits per heavy atom. The molecule has 0 bridgehead atoms. The molecule has 1 unspecified atom stereocenters. The van der Waals surface area contributed by atoms with Crippen LogP contribution in [0.25, 0.3) is 21.8 Å². The predicted molar refractivity (Wildman–Crippen MR) is 175 cm³/mol. The number of aromatic nitrogens is 2. The number of carbonyl (C=O) groups is 6. The summed E-state index contributed by atoms with van der Waals surface area (Å²) >= 11 is 0. The number of hydrogen-bond acceptors (Lipinski definition) is 12. The van der Waals surface area contributed by atoms with Crippen molar-refractivity contribution < 1.29 is 57.2 Å². The van der Waals surface area contributed by atoms with Crippen molar-refractivity contribution in [2.75, 3.05) is 7.11 Å². The normalized spacial score (nSPS) is 25.7. The molecule has 0 aliphatic carbocycles. The summed E-state index contributed by atoms with van der Waals surface area (Å²) in [5.74, 6) is -5.58. The highest BCUT2D eigenvalue weighted by Crippen LogP contribution is 2.45. The van der Waals surface area contributed by atoms with Crippen molar-refractivity contribution in [3.05, 3.63) is 65.5 Å². The van der Waals surface area contributed by atoms with Crippen LogP contribution in [-0.2, 0) is 65.4 Å². The summed E-state index contributed by atoms with van der Waals surface area (Å²) in [6.45, 7) is 4.12. The number of H-pyrrole nitrogens is 1. The molecule has 7 atom stereocenters. The van der Waals surface area contributed by atoms with Crippen molar-refractivity contribution in [3.63, 3.8) is 0 Å². The van der Waals surface area contributed by atoms with Crippen molar-refractivity contribution >= 4 is 57.5 Å². The minimum Gasteiger partial charge on any atom is -0.467 e. The van der Waals surface area contributed by atoms with Crippen molar-refractivity contribution in [2.45, 2.75) is 82.7 Å². The third kappa shape index (κ3) is 6.07. The third-order valence-corrected chi connectivity index (χ3v) is 9.44. The number of ether oxygens (including phenoxy) is 6. The zero-order valence-corrected chi connectivity index (χ0v) is 28.1. The summed E-state index contributed by atoms with van der Waals surface area (Å²) in [4.78, 5) is 79.1. The van der Waals surface area contributed by atoms with E-state index >= 15 is 0 Å². The Balaban J connectivity index is 1.23. The fourth-order valence-corrected chi connectivity index (χ4v) is 7.52. The van der Waals surface area contributed by atoms with Gasteiger partial charge in [0.2, 0.25) is 24.2 Å². The van der Waals surface area contributed by atoms with Crippen LogP contribution >= 0.6 is 0 Å². The van der Waals surface area contributed by atoms with Crippen LogP contribution in [0.1, 0.15) is 55.7 Å². The van der Waals surface area contributed by atoms with E-state index in [4.69, 9.17) is 28.4 Å². The zero-order chi connectivity index (χ0) is 36.1. The van der Waals surface area contributed by atoms with E-state index in [1.165, 1.54) is 5.56 Å². The summed E-state index contributed by atoms with van der Waals surface area (Å²) in [7, 11) is 1.09. The molecular formula is C36H35N3O12. The first kappa shape index (κ1) is 33.8. The number of aryl methyl sites for hydroxylation is 2. The highest BCUT2D eigenvalue weighted by atomic mass is 16.7. The number of amides is 2. The molecule has 15 nitrogen and oxygen atoms in total. The molecule has 3 aliphatic rings. The number of hydrogen-bond donors (Lipinski definition) is 2. The summed E-state index contributed by atoms with van der Waals surface area (Å²) < 4.78 is 35.2. The molecule has 2 fully saturated rings. The van der Waals surface area contributed by atoms with Gasteiger partial charge in [-0.2, -0.15) is 0 Å². The molecule has 2 aromatic carbocycles. The maximum Gasteiger partial charge on any atom is 0.339 e. The topological polar surface area (TPSA) is 191 Å². The number of nitrogens with zero attached hydrogens (tertiary/aromatic N) is 1. The molecule has 2 amide bonds. The quantitative estimate of drug-likeness (QED) is 0.155. The Bertz CT molecular complexity index is 2100. The van der Waals surface area contributed by atoms with Crippen LogP contribution in [0, 0.1) is 0 Å². The number of carbonyl (C=O) groups excluding carboxylic acids is 6. The lowest BCUT2D eigenvalue weighted by Gasteiger charge is -2.43. The number of methoxy groups -OCH3 is 1. The first-order valence-corrected chi connectivity index (χ1v) is 16.4. The van der Waals surface area contributed by atoms with Gasteiger partial charge in [0, 0.05) is 62.1 Å². The van der Waals surface area contributed by atoms with Crippen LogP contribution < -0.4 is 10.1 Å². The molecule has 0 radical (unpaired) electrons. The molecule has 4 aromatic rings. The second-order valence-electron chi connectivity index (χ2n) is 12.7. The maximum atomic E-state index is 13.4. The molecule has 266 valence electrons. The van der Waals surface area contributed by atoms with E-state index in [0.29, 0.717) is 16.5 Å². The Morgan fingerprint density at radius 3 is 2.24 bits per heavy atom. The molecule has 3 aliphatic heterocycles. The van der Waals surface area contributed by atoms with Crippen LogP contribution in [0.3, 0.4) is 0 Å². The SMILES string of the molecule is COC(=O)[C@H]1OC(Oc2ccc3c([C@H]4C(=O)NC(=O)[C@@H]4c4cn5c6c(cccc46)CCC5)c[nH]c3c2)[C@H](OC(C)=O)[C@@H](OC(C)=O)[C@@H]1OC(C)=O. The number of para-hydroxylation sites is 1. The first-order valence-electron chi connectivity index (χ1n) is 16.4. The van der Waals surface area contributed by atoms with Crippen molar-refractivity contribution in [3.8, 4) is 5.75 Å². The summed E-state index contributed by atoms with van der Waals surface area (Å²) in [6.07, 6.45) is -2.11. The van der Waals surface area contributed by atoms with E-state index in [1.54, 1.807) is 24.4 Å². The van der Waals surface area contributed by atoms with Gasteiger partial charge >= 0.3 is 23.9 Å². The van der Waals surface area contributed by atoms with Gasteiger partial charge in [-0.15, -0.1) is 0 Å². The molecule has 2 N–H and O–H groups in total. The smallest absolute Gasteiger partial charge is 0.339 e. The number of nitrogens with one attached hydrogen (secondary N) is 2. The van der Waals surface area contributed by atoms with Gasteiger partial charge < -0.3 is 38.0 Å². The van der Waals surface area contributed by atoms with Gasteiger partial charge in [-0.05, 0) is 41.7 Å². The average molecular weight is 702 g/mol. The number of benzene rings is 2. The summed E-state index contributed by atoms with van der Waals surface area (Å²) in [6, 6.07) is 10.9. The highest BCUT2D eigenvalue weighted by molar-refractivity contribution is 6.13. The van der Waals surface area contributed by atoms with Gasteiger partial charge in [0.05, 0.1) is 24.5 Å². The molecule has 15 heteroatoms. The van der Waals surface area contributed by atoms with Gasteiger partial charge in [0.1, 0.15) is 5.75 Å². The minimum absolute atomic E-state index is 0.173. The van der Waals surface area contributed by atoms with E-state index in [2.05, 4.69) is 20.9 Å². The second kappa shape index (κ2) is 13.2. The van der Waals surface area contributed by atoms with Gasteiger partial charge in [-0.1, -0.05) is 18.2 Å². The summed E-state index contributed by atoms with van der Waals surface area (Å²) in [5, 5.41) is 4.14. The fourth-order valence-electron chi connectivity index (χ4n) is 7.52. The zero-order valence-electron chi connectivity index (χ0n) is 28.1. The molecule has 0 saturated carbocycles. The van der Waals surface area contributed by atoms with Crippen molar-refractivity contribution in [1.82, 2.24) is 14.9 Å². The maximum absolute atomic E-state index is 13.4. The van der Waals surface area contributed by atoms with Crippen LogP contribution in [0.5, 0.6) is 5.75 Å². The van der Waals surface area contributed by atoms with Crippen LogP contribution in [-0.4, -0.2) is 83.1 Å². The Morgan fingerprint density at radius 1 is 0.843 bits per heavy atom. The first-order chi connectivity index (χ1) is 24.4. The van der Waals surface area contributed by atoms with Crippen LogP contribution in [0.15, 0.2) is 48.8 Å². The number of rotatable bonds is 8. The lowest BCUT2D eigenvalue weighted by molar-refractivity contribution is -0.282. The molecule has 7 rings (SSSR count). The number of imide groups is 1. The third-order valence-electron chi connectivity index (χ3n) is 9.44. The average Bonchev–Trinajstić information content (AvgIpc) is 3.75. The monoisotopic (exact) mass is 701 g/mol. The predicted octanol–water partition coefficient (Wildman–Crippen LogP) is 2.66. The van der Waals surface area contributed by atoms with E-state index in [-0.39, 0.29) is 11.7 Å². The highest BCUT2D eigenvalue weighted by Gasteiger charge is 2.56. The number of fused-ring (bicyclic) bond motifs is 1. The molecule has 2 saturated heterocycles. The number of aromatic amines is 1. The summed E-state index contributed by atoms with van der Waals surface area (Å²) in [5.41, 5.74) is 4.23. The van der Waals surface area contributed by atoms with Gasteiger partial charge in [-0.25, -0.2) is 4.79 Å². The standard InChI is InChI=1S/C36H35N3O12/c1-16(40)47-29-30(48-17(2)41)32(49-18(3)42)36(51-31(29)35(45)46-4)50-20-10-11-21-23(14-37-25(21)13-20)26-27(34(44)38-33(26)43)24-15-39-12-6-8-19-7-5-9-22(24)28(19)39/h5,7,9-11,13-15,26-27,29-32,36-37H,6,8,12H2,1-4H3,(H,38,43,44)/t26-,27-,29+,30+,31+,32-,36?/m1/s1. The van der Waals surface area contributed by atoms with E-state index in [0.717, 1.165) is 63.7 Å². The van der Waals surface area contributed by atoms with Crippen LogP contribution in [0.4, 0.5) is 0 Å². The lowest BCUT2D eigenvalue weighted by atomic mass is 9.83. The largest absolute Gasteiger partial charge is 0.467 e. The minimum atomic E-state index is -1.62. The van der Waals surface area contributed by atoms with E-state index in [9.17, 15) is 28.8 Å². The Labute approximate surface area is 290 Å². The lowest BCUT2D eigenvalue weighted by Crippen LogP contribution is -2.64. The Hall–Kier alpha value is -5.70. The second-order valence-corrected chi connectivity index (χ2v) is 12.7. The molecule has 51 heavy (non-hydrogen) atoms. The number of esters is 4. The van der Waals surface area contributed by atoms with Gasteiger partial charge in [0.15, 0.2) is 18.3 Å². The van der Waals surface area contributed by atoms with Crippen molar-refractivity contribution in [1.29, 1.82) is 0 Å². The van der Waals surface area contributed by atoms with E-state index < -0.39 is 72.3 Å². The molecule has 2 aromatic heterocycles. The molecule has 5 heterocycles. The van der Waals surface area contributed by atoms with Gasteiger partial charge in [0.25, 0.3) is 0 Å². The Kier molecular flexibility index (Phi) is 8.75. The molecule has 0 spiro atoms. The molecular weight excluding hydrogens is 666 g/mol. The fraction of sp³-hybridized carbons (Fsp3) is 0.389.